The van der Waals surface area contributed by atoms with Crippen molar-refractivity contribution in [3.05, 3.63) is 28.8 Å². The minimum atomic E-state index is -4.34. The third kappa shape index (κ3) is 3.29. The number of anilines is 1. The summed E-state index contributed by atoms with van der Waals surface area (Å²) in [7, 11) is 0. The highest BCUT2D eigenvalue weighted by Gasteiger charge is 2.31. The second-order valence-electron chi connectivity index (χ2n) is 4.37. The van der Waals surface area contributed by atoms with Crippen LogP contribution in [-0.2, 0) is 6.18 Å². The van der Waals surface area contributed by atoms with Crippen LogP contribution in [0.15, 0.2) is 18.2 Å². The van der Waals surface area contributed by atoms with Crippen LogP contribution in [0.5, 0.6) is 0 Å². The summed E-state index contributed by atoms with van der Waals surface area (Å²) in [4.78, 5) is 0. The van der Waals surface area contributed by atoms with E-state index in [-0.39, 0.29) is 0 Å². The van der Waals surface area contributed by atoms with Gasteiger partial charge in [0.05, 0.1) is 16.3 Å². The standard InChI is InChI=1S/C12H14ClF3N2/c13-10-4-3-8(12(14,15)16)6-11(10)18-7-9-2-1-5-17-9/h3-4,6,9,17-18H,1-2,5,7H2/t9-/m0/s1. The van der Waals surface area contributed by atoms with Gasteiger partial charge in [0.25, 0.3) is 0 Å². The van der Waals surface area contributed by atoms with Crippen LogP contribution in [-0.4, -0.2) is 19.1 Å². The van der Waals surface area contributed by atoms with E-state index in [1.165, 1.54) is 6.07 Å². The molecule has 0 radical (unpaired) electrons. The maximum Gasteiger partial charge on any atom is 0.416 e. The van der Waals surface area contributed by atoms with Crippen LogP contribution >= 0.6 is 11.6 Å². The van der Waals surface area contributed by atoms with E-state index in [2.05, 4.69) is 10.6 Å². The summed E-state index contributed by atoms with van der Waals surface area (Å²) in [5.74, 6) is 0. The van der Waals surface area contributed by atoms with E-state index in [9.17, 15) is 13.2 Å². The smallest absolute Gasteiger partial charge is 0.382 e. The SMILES string of the molecule is FC(F)(F)c1ccc(Cl)c(NC[C@@H]2CCCN2)c1. The number of nitrogens with one attached hydrogen (secondary N) is 2. The second-order valence-corrected chi connectivity index (χ2v) is 4.77. The van der Waals surface area contributed by atoms with Crippen molar-refractivity contribution in [2.75, 3.05) is 18.4 Å². The lowest BCUT2D eigenvalue weighted by molar-refractivity contribution is -0.137. The molecule has 1 saturated heterocycles. The van der Waals surface area contributed by atoms with Crippen molar-refractivity contribution < 1.29 is 13.2 Å². The van der Waals surface area contributed by atoms with Crippen molar-refractivity contribution in [1.29, 1.82) is 0 Å². The van der Waals surface area contributed by atoms with E-state index in [1.807, 2.05) is 0 Å². The first-order valence-electron chi connectivity index (χ1n) is 5.81. The highest BCUT2D eigenvalue weighted by molar-refractivity contribution is 6.33. The minimum absolute atomic E-state index is 0.301. The Balaban J connectivity index is 2.06. The lowest BCUT2D eigenvalue weighted by Gasteiger charge is -2.15. The van der Waals surface area contributed by atoms with Gasteiger partial charge < -0.3 is 10.6 Å². The van der Waals surface area contributed by atoms with Gasteiger partial charge in [0.1, 0.15) is 0 Å². The van der Waals surface area contributed by atoms with Gasteiger partial charge in [-0.1, -0.05) is 11.6 Å². The maximum absolute atomic E-state index is 12.6. The van der Waals surface area contributed by atoms with Crippen molar-refractivity contribution in [2.24, 2.45) is 0 Å². The second kappa shape index (κ2) is 5.36. The van der Waals surface area contributed by atoms with E-state index < -0.39 is 11.7 Å². The molecular formula is C12H14ClF3N2. The first-order chi connectivity index (χ1) is 8.47. The summed E-state index contributed by atoms with van der Waals surface area (Å²) < 4.78 is 37.7. The number of halogens is 4. The molecule has 1 aromatic carbocycles. The zero-order valence-electron chi connectivity index (χ0n) is 9.65. The zero-order chi connectivity index (χ0) is 13.2. The number of rotatable bonds is 3. The van der Waals surface area contributed by atoms with Gasteiger partial charge in [0, 0.05) is 12.6 Å². The summed E-state index contributed by atoms with van der Waals surface area (Å²) in [5, 5.41) is 6.54. The number of alkyl halides is 3. The molecule has 2 nitrogen and oxygen atoms in total. The molecule has 1 heterocycles. The Hall–Kier alpha value is -0.940. The fraction of sp³-hybridized carbons (Fsp3) is 0.500. The summed E-state index contributed by atoms with van der Waals surface area (Å²) in [6.45, 7) is 1.55. The predicted octanol–water partition coefficient (Wildman–Crippen LogP) is 3.52. The molecule has 100 valence electrons. The Labute approximate surface area is 109 Å². The molecule has 18 heavy (non-hydrogen) atoms. The number of hydrogen-bond acceptors (Lipinski definition) is 2. The molecule has 0 amide bonds. The Morgan fingerprint density at radius 1 is 1.39 bits per heavy atom. The largest absolute Gasteiger partial charge is 0.416 e. The predicted molar refractivity (Wildman–Crippen MR) is 66.0 cm³/mol. The molecule has 0 aliphatic carbocycles. The van der Waals surface area contributed by atoms with Gasteiger partial charge in [0.2, 0.25) is 0 Å². The summed E-state index contributed by atoms with van der Waals surface area (Å²) in [5.41, 5.74) is -0.353. The zero-order valence-corrected chi connectivity index (χ0v) is 10.4. The average Bonchev–Trinajstić information content (AvgIpc) is 2.79. The van der Waals surface area contributed by atoms with Crippen molar-refractivity contribution in [1.82, 2.24) is 5.32 Å². The third-order valence-electron chi connectivity index (χ3n) is 2.99. The first-order valence-corrected chi connectivity index (χ1v) is 6.18. The monoisotopic (exact) mass is 278 g/mol. The molecule has 0 spiro atoms. The van der Waals surface area contributed by atoms with Crippen LogP contribution in [0.4, 0.5) is 18.9 Å². The van der Waals surface area contributed by atoms with E-state index in [4.69, 9.17) is 11.6 Å². The fourth-order valence-corrected chi connectivity index (χ4v) is 2.19. The lowest BCUT2D eigenvalue weighted by atomic mass is 10.1. The minimum Gasteiger partial charge on any atom is -0.382 e. The van der Waals surface area contributed by atoms with Gasteiger partial charge in [0.15, 0.2) is 0 Å². The van der Waals surface area contributed by atoms with Gasteiger partial charge >= 0.3 is 6.18 Å². The lowest BCUT2D eigenvalue weighted by Crippen LogP contribution is -2.29. The average molecular weight is 279 g/mol. The quantitative estimate of drug-likeness (QED) is 0.884. The summed E-state index contributed by atoms with van der Waals surface area (Å²) >= 11 is 5.88. The summed E-state index contributed by atoms with van der Waals surface area (Å²) in [6.07, 6.45) is -2.21. The molecule has 6 heteroatoms. The van der Waals surface area contributed by atoms with E-state index in [1.54, 1.807) is 0 Å². The van der Waals surface area contributed by atoms with Crippen LogP contribution in [0.1, 0.15) is 18.4 Å². The molecule has 1 aliphatic rings. The van der Waals surface area contributed by atoms with E-state index in [0.29, 0.717) is 23.3 Å². The van der Waals surface area contributed by atoms with Crippen molar-refractivity contribution in [3.63, 3.8) is 0 Å². The van der Waals surface area contributed by atoms with Crippen molar-refractivity contribution in [2.45, 2.75) is 25.1 Å². The molecule has 2 rings (SSSR count). The van der Waals surface area contributed by atoms with Crippen LogP contribution < -0.4 is 10.6 Å². The summed E-state index contributed by atoms with van der Waals surface area (Å²) in [6, 6.07) is 3.61. The van der Waals surface area contributed by atoms with Gasteiger partial charge in [-0.2, -0.15) is 13.2 Å². The molecule has 1 aromatic rings. The Kier molecular flexibility index (Phi) is 4.02. The van der Waals surface area contributed by atoms with E-state index >= 15 is 0 Å². The van der Waals surface area contributed by atoms with Crippen LogP contribution in [0.2, 0.25) is 5.02 Å². The molecular weight excluding hydrogens is 265 g/mol. The van der Waals surface area contributed by atoms with Gasteiger partial charge in [-0.05, 0) is 37.6 Å². The van der Waals surface area contributed by atoms with Crippen LogP contribution in [0, 0.1) is 0 Å². The topological polar surface area (TPSA) is 24.1 Å². The highest BCUT2D eigenvalue weighted by Crippen LogP contribution is 2.33. The Bertz CT molecular complexity index is 414. The maximum atomic E-state index is 12.6. The van der Waals surface area contributed by atoms with Crippen molar-refractivity contribution >= 4 is 17.3 Å². The molecule has 0 unspecified atom stereocenters. The first kappa shape index (κ1) is 13.5. The molecule has 0 saturated carbocycles. The van der Waals surface area contributed by atoms with Crippen LogP contribution in [0.25, 0.3) is 0 Å². The van der Waals surface area contributed by atoms with Crippen LogP contribution in [0.3, 0.4) is 0 Å². The Morgan fingerprint density at radius 2 is 2.17 bits per heavy atom. The van der Waals surface area contributed by atoms with Gasteiger partial charge in [-0.3, -0.25) is 0 Å². The highest BCUT2D eigenvalue weighted by atomic mass is 35.5. The third-order valence-corrected chi connectivity index (χ3v) is 3.32. The molecule has 2 N–H and O–H groups in total. The molecule has 1 aliphatic heterocycles. The van der Waals surface area contributed by atoms with Gasteiger partial charge in [-0.25, -0.2) is 0 Å². The molecule has 0 aromatic heterocycles. The fourth-order valence-electron chi connectivity index (χ4n) is 2.00. The normalized spacial score (nSPS) is 20.1. The molecule has 1 fully saturated rings. The number of hydrogen-bond donors (Lipinski definition) is 2. The number of benzene rings is 1. The molecule has 1 atom stereocenters. The van der Waals surface area contributed by atoms with Gasteiger partial charge in [-0.15, -0.1) is 0 Å². The Morgan fingerprint density at radius 3 is 2.78 bits per heavy atom. The molecule has 0 bridgehead atoms. The van der Waals surface area contributed by atoms with E-state index in [0.717, 1.165) is 31.5 Å². The van der Waals surface area contributed by atoms with Crippen molar-refractivity contribution in [3.8, 4) is 0 Å².